The van der Waals surface area contributed by atoms with Crippen molar-refractivity contribution < 1.29 is 17.9 Å². The Balaban J connectivity index is 2.11. The number of anilines is 1. The van der Waals surface area contributed by atoms with Gasteiger partial charge >= 0.3 is 6.18 Å². The molecule has 0 radical (unpaired) electrons. The fraction of sp³-hybridized carbons (Fsp3) is 0.692. The van der Waals surface area contributed by atoms with Crippen LogP contribution >= 0.6 is 0 Å². The molecule has 4 nitrogen and oxygen atoms in total. The van der Waals surface area contributed by atoms with Crippen molar-refractivity contribution in [2.45, 2.75) is 57.5 Å². The maximum Gasteiger partial charge on any atom is 0.435 e. The summed E-state index contributed by atoms with van der Waals surface area (Å²) in [7, 11) is 0. The Kier molecular flexibility index (Phi) is 3.44. The largest absolute Gasteiger partial charge is 0.435 e. The van der Waals surface area contributed by atoms with Crippen LogP contribution in [0.15, 0.2) is 12.1 Å². The van der Waals surface area contributed by atoms with Crippen molar-refractivity contribution in [3.63, 3.8) is 0 Å². The molecule has 0 aromatic carbocycles. The lowest BCUT2D eigenvalue weighted by atomic mass is 9.94. The second-order valence-electron chi connectivity index (χ2n) is 6.17. The number of aromatic nitrogens is 2. The van der Waals surface area contributed by atoms with E-state index in [4.69, 9.17) is 4.74 Å². The molecule has 0 amide bonds. The molecule has 1 unspecified atom stereocenters. The van der Waals surface area contributed by atoms with Crippen molar-refractivity contribution in [3.05, 3.63) is 17.8 Å². The van der Waals surface area contributed by atoms with Crippen molar-refractivity contribution in [2.24, 2.45) is 0 Å². The third-order valence-corrected chi connectivity index (χ3v) is 3.35. The Hall–Kier alpha value is -1.37. The summed E-state index contributed by atoms with van der Waals surface area (Å²) in [6, 6.07) is 2.17. The molecule has 1 aliphatic rings. The molecule has 1 atom stereocenters. The molecule has 7 heteroatoms. The Morgan fingerprint density at radius 2 is 1.85 bits per heavy atom. The maximum atomic E-state index is 12.4. The molecule has 1 saturated heterocycles. The van der Waals surface area contributed by atoms with Crippen LogP contribution in [0.3, 0.4) is 0 Å². The van der Waals surface area contributed by atoms with Gasteiger partial charge < -0.3 is 10.1 Å². The van der Waals surface area contributed by atoms with E-state index in [1.165, 1.54) is 6.07 Å². The second kappa shape index (κ2) is 4.58. The van der Waals surface area contributed by atoms with Gasteiger partial charge in [-0.3, -0.25) is 0 Å². The van der Waals surface area contributed by atoms with Crippen molar-refractivity contribution in [1.29, 1.82) is 0 Å². The number of alkyl halides is 3. The van der Waals surface area contributed by atoms with Gasteiger partial charge in [0, 0.05) is 0 Å². The molecule has 2 rings (SSSR count). The van der Waals surface area contributed by atoms with Crippen LogP contribution in [-0.4, -0.2) is 27.4 Å². The summed E-state index contributed by atoms with van der Waals surface area (Å²) in [4.78, 5) is 0. The summed E-state index contributed by atoms with van der Waals surface area (Å²) >= 11 is 0. The van der Waals surface area contributed by atoms with Gasteiger partial charge in [-0.15, -0.1) is 10.2 Å². The molecule has 0 bridgehead atoms. The van der Waals surface area contributed by atoms with Gasteiger partial charge in [-0.05, 0) is 46.2 Å². The van der Waals surface area contributed by atoms with Gasteiger partial charge in [0.2, 0.25) is 0 Å². The molecule has 2 heterocycles. The highest BCUT2D eigenvalue weighted by Crippen LogP contribution is 2.38. The zero-order valence-electron chi connectivity index (χ0n) is 11.9. The predicted octanol–water partition coefficient (Wildman–Crippen LogP) is 3.25. The Bertz CT molecular complexity index is 483. The molecular formula is C13H18F3N3O. The number of hydrogen-bond acceptors (Lipinski definition) is 4. The first-order valence-electron chi connectivity index (χ1n) is 6.37. The Labute approximate surface area is 115 Å². The van der Waals surface area contributed by atoms with E-state index in [2.05, 4.69) is 15.5 Å². The monoisotopic (exact) mass is 289 g/mol. The van der Waals surface area contributed by atoms with Gasteiger partial charge in [0.15, 0.2) is 5.69 Å². The molecule has 0 spiro atoms. The summed E-state index contributed by atoms with van der Waals surface area (Å²) in [6.07, 6.45) is -3.73. The van der Waals surface area contributed by atoms with Crippen molar-refractivity contribution in [1.82, 2.24) is 10.2 Å². The molecule has 1 aromatic rings. The smallest absolute Gasteiger partial charge is 0.367 e. The number of rotatable bonds is 2. The van der Waals surface area contributed by atoms with Crippen molar-refractivity contribution in [3.8, 4) is 0 Å². The summed E-state index contributed by atoms with van der Waals surface area (Å²) in [5.74, 6) is 0.317. The summed E-state index contributed by atoms with van der Waals surface area (Å²) in [6.45, 7) is 7.84. The molecule has 1 fully saturated rings. The normalized spacial score (nSPS) is 24.6. The van der Waals surface area contributed by atoms with Crippen LogP contribution in [0, 0.1) is 0 Å². The highest BCUT2D eigenvalue weighted by Gasteiger charge is 2.46. The first-order chi connectivity index (χ1) is 9.00. The lowest BCUT2D eigenvalue weighted by Crippen LogP contribution is -2.38. The van der Waals surface area contributed by atoms with E-state index in [0.29, 0.717) is 5.82 Å². The first-order valence-corrected chi connectivity index (χ1v) is 6.37. The highest BCUT2D eigenvalue weighted by molar-refractivity contribution is 5.36. The van der Waals surface area contributed by atoms with E-state index in [1.807, 2.05) is 27.7 Å². The van der Waals surface area contributed by atoms with E-state index in [-0.39, 0.29) is 11.6 Å². The van der Waals surface area contributed by atoms with Crippen LogP contribution in [0.1, 0.15) is 39.8 Å². The van der Waals surface area contributed by atoms with Gasteiger partial charge in [-0.2, -0.15) is 13.2 Å². The van der Waals surface area contributed by atoms with Crippen molar-refractivity contribution >= 4 is 5.82 Å². The maximum absolute atomic E-state index is 12.4. The van der Waals surface area contributed by atoms with Gasteiger partial charge in [0.25, 0.3) is 0 Å². The minimum atomic E-state index is -4.47. The average Bonchev–Trinajstić information content (AvgIpc) is 2.46. The summed E-state index contributed by atoms with van der Waals surface area (Å²) in [5, 5.41) is 9.88. The molecule has 20 heavy (non-hydrogen) atoms. The van der Waals surface area contributed by atoms with Gasteiger partial charge in [0.05, 0.1) is 17.2 Å². The van der Waals surface area contributed by atoms with E-state index in [1.54, 1.807) is 0 Å². The van der Waals surface area contributed by atoms with Gasteiger partial charge in [-0.1, -0.05) is 0 Å². The number of ether oxygens (including phenoxy) is 1. The highest BCUT2D eigenvalue weighted by atomic mass is 19.4. The molecule has 1 N–H and O–H groups in total. The zero-order valence-corrected chi connectivity index (χ0v) is 11.9. The molecular weight excluding hydrogens is 271 g/mol. The SMILES string of the molecule is CC1(C)CC(Nc2ccc(C(F)(F)F)nn2)C(C)(C)O1. The Morgan fingerprint density at radius 3 is 2.25 bits per heavy atom. The summed E-state index contributed by atoms with van der Waals surface area (Å²) < 4.78 is 43.1. The lowest BCUT2D eigenvalue weighted by Gasteiger charge is -2.27. The van der Waals surface area contributed by atoms with Gasteiger partial charge in [0.1, 0.15) is 5.82 Å². The minimum absolute atomic E-state index is 0.0384. The topological polar surface area (TPSA) is 47.0 Å². The number of halogens is 3. The standard InChI is InChI=1S/C13H18F3N3O/c1-11(2)7-9(12(3,4)20-11)17-10-6-5-8(18-19-10)13(14,15)16/h5-6,9H,7H2,1-4H3,(H,17,19). The fourth-order valence-corrected chi connectivity index (χ4v) is 2.53. The lowest BCUT2D eigenvalue weighted by molar-refractivity contribution is -0.141. The number of nitrogens with zero attached hydrogens (tertiary/aromatic N) is 2. The third-order valence-electron chi connectivity index (χ3n) is 3.35. The van der Waals surface area contributed by atoms with Crippen LogP contribution in [-0.2, 0) is 10.9 Å². The molecule has 0 saturated carbocycles. The molecule has 112 valence electrons. The zero-order chi connectivity index (χ0) is 15.2. The van der Waals surface area contributed by atoms with Gasteiger partial charge in [-0.25, -0.2) is 0 Å². The number of nitrogens with one attached hydrogen (secondary N) is 1. The van der Waals surface area contributed by atoms with E-state index in [9.17, 15) is 13.2 Å². The third kappa shape index (κ3) is 3.20. The predicted molar refractivity (Wildman–Crippen MR) is 68.3 cm³/mol. The quantitative estimate of drug-likeness (QED) is 0.908. The van der Waals surface area contributed by atoms with Crippen LogP contribution in [0.25, 0.3) is 0 Å². The van der Waals surface area contributed by atoms with E-state index in [0.717, 1.165) is 12.5 Å². The van der Waals surface area contributed by atoms with Crippen LogP contribution in [0.2, 0.25) is 0 Å². The summed E-state index contributed by atoms with van der Waals surface area (Å²) in [5.41, 5.74) is -1.70. The minimum Gasteiger partial charge on any atom is -0.367 e. The molecule has 0 aliphatic carbocycles. The van der Waals surface area contributed by atoms with E-state index >= 15 is 0 Å². The Morgan fingerprint density at radius 1 is 1.20 bits per heavy atom. The fourth-order valence-electron chi connectivity index (χ4n) is 2.53. The molecule has 1 aliphatic heterocycles. The van der Waals surface area contributed by atoms with Crippen LogP contribution in [0.4, 0.5) is 19.0 Å². The average molecular weight is 289 g/mol. The van der Waals surface area contributed by atoms with Crippen LogP contribution < -0.4 is 5.32 Å². The van der Waals surface area contributed by atoms with Crippen molar-refractivity contribution in [2.75, 3.05) is 5.32 Å². The van der Waals surface area contributed by atoms with E-state index < -0.39 is 17.5 Å². The first kappa shape index (κ1) is 15.0. The number of hydrogen-bond donors (Lipinski definition) is 1. The second-order valence-corrected chi connectivity index (χ2v) is 6.17. The van der Waals surface area contributed by atoms with Crippen LogP contribution in [0.5, 0.6) is 0 Å². The molecule has 1 aromatic heterocycles.